The minimum Gasteiger partial charge on any atom is -0.384 e. The van der Waals surface area contributed by atoms with E-state index in [2.05, 4.69) is 4.90 Å². The fourth-order valence-corrected chi connectivity index (χ4v) is 3.30. The highest BCUT2D eigenvalue weighted by molar-refractivity contribution is 6.18. The molecule has 1 saturated heterocycles. The van der Waals surface area contributed by atoms with Gasteiger partial charge in [0.2, 0.25) is 0 Å². The van der Waals surface area contributed by atoms with Gasteiger partial charge in [-0.2, -0.15) is 0 Å². The highest BCUT2D eigenvalue weighted by Crippen LogP contribution is 2.30. The van der Waals surface area contributed by atoms with E-state index in [4.69, 9.17) is 11.6 Å². The lowest BCUT2D eigenvalue weighted by atomic mass is 9.87. The third-order valence-corrected chi connectivity index (χ3v) is 4.28. The van der Waals surface area contributed by atoms with E-state index in [1.54, 1.807) is 0 Å². The van der Waals surface area contributed by atoms with Gasteiger partial charge < -0.3 is 5.11 Å². The number of nitrogens with zero attached hydrogens (tertiary/aromatic N) is 1. The summed E-state index contributed by atoms with van der Waals surface area (Å²) in [6, 6.07) is 9.83. The predicted octanol–water partition coefficient (Wildman–Crippen LogP) is 2.99. The maximum absolute atomic E-state index is 10.9. The molecular formula is C15H22ClNO. The molecule has 18 heavy (non-hydrogen) atoms. The summed E-state index contributed by atoms with van der Waals surface area (Å²) in [6.07, 6.45) is 3.70. The normalized spacial score (nSPS) is 22.4. The average molecular weight is 268 g/mol. The molecule has 2 nitrogen and oxygen atoms in total. The number of halogens is 1. The number of benzene rings is 1. The molecule has 100 valence electrons. The highest BCUT2D eigenvalue weighted by Gasteiger charge is 2.37. The van der Waals surface area contributed by atoms with Gasteiger partial charge in [0.25, 0.3) is 0 Å². The fourth-order valence-electron chi connectivity index (χ4n) is 2.80. The maximum atomic E-state index is 10.9. The molecule has 1 heterocycles. The third-order valence-electron chi connectivity index (χ3n) is 3.98. The van der Waals surface area contributed by atoms with Gasteiger partial charge in [0.05, 0.1) is 6.04 Å². The van der Waals surface area contributed by atoms with Crippen molar-refractivity contribution in [3.05, 3.63) is 35.9 Å². The number of piperidine rings is 1. The first-order valence-electron chi connectivity index (χ1n) is 6.74. The van der Waals surface area contributed by atoms with Crippen molar-refractivity contribution in [1.29, 1.82) is 0 Å². The summed E-state index contributed by atoms with van der Waals surface area (Å²) in [5.74, 6) is 0.460. The third kappa shape index (κ3) is 2.87. The molecule has 0 aromatic heterocycles. The van der Waals surface area contributed by atoms with Crippen LogP contribution in [0.2, 0.25) is 0 Å². The Labute approximate surface area is 115 Å². The van der Waals surface area contributed by atoms with Crippen molar-refractivity contribution in [2.75, 3.05) is 19.0 Å². The molecule has 1 aliphatic heterocycles. The smallest absolute Gasteiger partial charge is 0.103 e. The standard InChI is InChI=1S/C15H22ClNO/c1-15(18,13-8-4-2-5-9-13)14(12-16)17-10-6-3-7-11-17/h2,4-5,8-9,14,18H,3,6-7,10-12H2,1H3/t14-,15+/m0/s1. The van der Waals surface area contributed by atoms with Gasteiger partial charge >= 0.3 is 0 Å². The van der Waals surface area contributed by atoms with Crippen LogP contribution in [0.5, 0.6) is 0 Å². The summed E-state index contributed by atoms with van der Waals surface area (Å²) < 4.78 is 0. The lowest BCUT2D eigenvalue weighted by Gasteiger charge is -2.42. The first-order chi connectivity index (χ1) is 8.66. The van der Waals surface area contributed by atoms with Crippen LogP contribution < -0.4 is 0 Å². The Hall–Kier alpha value is -0.570. The maximum Gasteiger partial charge on any atom is 0.103 e. The second kappa shape index (κ2) is 6.05. The van der Waals surface area contributed by atoms with Crippen LogP contribution in [0.25, 0.3) is 0 Å². The Morgan fingerprint density at radius 2 is 1.83 bits per heavy atom. The van der Waals surface area contributed by atoms with E-state index in [9.17, 15) is 5.11 Å². The van der Waals surface area contributed by atoms with Crippen molar-refractivity contribution in [2.24, 2.45) is 0 Å². The van der Waals surface area contributed by atoms with Crippen molar-refractivity contribution < 1.29 is 5.11 Å². The van der Waals surface area contributed by atoms with Crippen LogP contribution in [-0.4, -0.2) is 35.0 Å². The molecule has 0 saturated carbocycles. The van der Waals surface area contributed by atoms with Crippen LogP contribution in [0.3, 0.4) is 0 Å². The first kappa shape index (κ1) is 13.9. The molecule has 3 heteroatoms. The zero-order valence-electron chi connectivity index (χ0n) is 11.0. The molecule has 0 unspecified atom stereocenters. The summed E-state index contributed by atoms with van der Waals surface area (Å²) in [7, 11) is 0. The predicted molar refractivity (Wildman–Crippen MR) is 75.9 cm³/mol. The molecule has 1 aromatic carbocycles. The van der Waals surface area contributed by atoms with Crippen molar-refractivity contribution >= 4 is 11.6 Å². The molecule has 1 aliphatic rings. The van der Waals surface area contributed by atoms with Crippen molar-refractivity contribution in [3.8, 4) is 0 Å². The molecule has 1 aromatic rings. The zero-order chi connectivity index (χ0) is 13.0. The number of likely N-dealkylation sites (tertiary alicyclic amines) is 1. The Morgan fingerprint density at radius 3 is 2.39 bits per heavy atom. The minimum atomic E-state index is -0.889. The minimum absolute atomic E-state index is 0.0122. The molecule has 0 spiro atoms. The second-order valence-electron chi connectivity index (χ2n) is 5.28. The lowest BCUT2D eigenvalue weighted by molar-refractivity contribution is -0.0352. The number of hydrogen-bond donors (Lipinski definition) is 1. The fraction of sp³-hybridized carbons (Fsp3) is 0.600. The molecule has 2 rings (SSSR count). The summed E-state index contributed by atoms with van der Waals surface area (Å²) in [5, 5.41) is 10.9. The monoisotopic (exact) mass is 267 g/mol. The molecule has 0 aliphatic carbocycles. The van der Waals surface area contributed by atoms with E-state index in [0.717, 1.165) is 18.7 Å². The molecule has 0 amide bonds. The second-order valence-corrected chi connectivity index (χ2v) is 5.59. The Bertz CT molecular complexity index is 360. The van der Waals surface area contributed by atoms with Gasteiger partial charge in [-0.25, -0.2) is 0 Å². The van der Waals surface area contributed by atoms with E-state index in [-0.39, 0.29) is 6.04 Å². The van der Waals surface area contributed by atoms with Crippen LogP contribution in [0.15, 0.2) is 30.3 Å². The van der Waals surface area contributed by atoms with Gasteiger partial charge in [0.1, 0.15) is 5.60 Å². The Morgan fingerprint density at radius 1 is 1.22 bits per heavy atom. The Kier molecular flexibility index (Phi) is 4.66. The molecule has 0 radical (unpaired) electrons. The first-order valence-corrected chi connectivity index (χ1v) is 7.27. The molecule has 0 bridgehead atoms. The molecule has 1 N–H and O–H groups in total. The molecule has 1 fully saturated rings. The Balaban J connectivity index is 2.19. The van der Waals surface area contributed by atoms with Crippen LogP contribution in [0, 0.1) is 0 Å². The van der Waals surface area contributed by atoms with E-state index in [0.29, 0.717) is 5.88 Å². The quantitative estimate of drug-likeness (QED) is 0.848. The van der Waals surface area contributed by atoms with Gasteiger partial charge in [-0.15, -0.1) is 11.6 Å². The number of hydrogen-bond acceptors (Lipinski definition) is 2. The largest absolute Gasteiger partial charge is 0.384 e. The van der Waals surface area contributed by atoms with Crippen LogP contribution in [0.1, 0.15) is 31.7 Å². The topological polar surface area (TPSA) is 23.5 Å². The lowest BCUT2D eigenvalue weighted by Crippen LogP contribution is -2.52. The van der Waals surface area contributed by atoms with E-state index in [1.807, 2.05) is 37.3 Å². The average Bonchev–Trinajstić information content (AvgIpc) is 2.41. The summed E-state index contributed by atoms with van der Waals surface area (Å²) in [6.45, 7) is 3.96. The summed E-state index contributed by atoms with van der Waals surface area (Å²) >= 11 is 6.13. The summed E-state index contributed by atoms with van der Waals surface area (Å²) in [5.41, 5.74) is 0.0570. The van der Waals surface area contributed by atoms with Crippen LogP contribution >= 0.6 is 11.6 Å². The zero-order valence-corrected chi connectivity index (χ0v) is 11.7. The van der Waals surface area contributed by atoms with Crippen molar-refractivity contribution in [2.45, 2.75) is 37.8 Å². The van der Waals surface area contributed by atoms with Gasteiger partial charge in [0.15, 0.2) is 0 Å². The number of alkyl halides is 1. The van der Waals surface area contributed by atoms with Crippen LogP contribution in [0.4, 0.5) is 0 Å². The molecular weight excluding hydrogens is 246 g/mol. The number of aliphatic hydroxyl groups is 1. The van der Waals surface area contributed by atoms with Gasteiger partial charge in [-0.3, -0.25) is 4.90 Å². The van der Waals surface area contributed by atoms with E-state index < -0.39 is 5.60 Å². The van der Waals surface area contributed by atoms with Gasteiger partial charge in [0, 0.05) is 5.88 Å². The van der Waals surface area contributed by atoms with Gasteiger partial charge in [-0.05, 0) is 38.4 Å². The van der Waals surface area contributed by atoms with E-state index in [1.165, 1.54) is 19.3 Å². The van der Waals surface area contributed by atoms with Crippen LogP contribution in [-0.2, 0) is 5.60 Å². The number of rotatable bonds is 4. The molecule has 2 atom stereocenters. The van der Waals surface area contributed by atoms with Gasteiger partial charge in [-0.1, -0.05) is 36.8 Å². The highest BCUT2D eigenvalue weighted by atomic mass is 35.5. The SMILES string of the molecule is C[C@@](O)(c1ccccc1)[C@H](CCl)N1CCCCC1. The van der Waals surface area contributed by atoms with Crippen molar-refractivity contribution in [3.63, 3.8) is 0 Å². The van der Waals surface area contributed by atoms with E-state index >= 15 is 0 Å². The van der Waals surface area contributed by atoms with Crippen molar-refractivity contribution in [1.82, 2.24) is 4.90 Å². The summed E-state index contributed by atoms with van der Waals surface area (Å²) in [4.78, 5) is 2.34.